The van der Waals surface area contributed by atoms with Crippen molar-refractivity contribution in [2.75, 3.05) is 5.32 Å². The van der Waals surface area contributed by atoms with E-state index in [1.165, 1.54) is 0 Å². The summed E-state index contributed by atoms with van der Waals surface area (Å²) in [5.74, 6) is 0.266. The molecule has 2 aromatic rings. The lowest BCUT2D eigenvalue weighted by Crippen LogP contribution is -2.34. The highest BCUT2D eigenvalue weighted by molar-refractivity contribution is 8.00. The van der Waals surface area contributed by atoms with Crippen molar-refractivity contribution < 1.29 is 4.79 Å². The van der Waals surface area contributed by atoms with Gasteiger partial charge >= 0.3 is 0 Å². The Hall–Kier alpha value is -1.99. The first-order valence-electron chi connectivity index (χ1n) is 7.02. The Labute approximate surface area is 145 Å². The molecule has 1 aromatic carbocycles. The molecule has 1 amide bonds. The third-order valence-electron chi connectivity index (χ3n) is 2.56. The first-order valence-corrected chi connectivity index (χ1v) is 8.25. The molecule has 2 N–H and O–H groups in total. The normalized spacial score (nSPS) is 10.9. The van der Waals surface area contributed by atoms with Crippen LogP contribution in [0.1, 0.15) is 31.1 Å². The number of hydrogen-bond donors (Lipinski definition) is 2. The fourth-order valence-electron chi connectivity index (χ4n) is 1.68. The van der Waals surface area contributed by atoms with Gasteiger partial charge in [0.25, 0.3) is 5.91 Å². The molecule has 0 saturated heterocycles. The number of benzene rings is 1. The van der Waals surface area contributed by atoms with E-state index in [9.17, 15) is 4.79 Å². The molecule has 1 aromatic heterocycles. The van der Waals surface area contributed by atoms with Gasteiger partial charge < -0.3 is 5.32 Å². The molecule has 0 aliphatic heterocycles. The van der Waals surface area contributed by atoms with Crippen LogP contribution in [0.4, 0.5) is 5.82 Å². The van der Waals surface area contributed by atoms with Gasteiger partial charge in [-0.2, -0.15) is 0 Å². The maximum absolute atomic E-state index is 12.1. The second kappa shape index (κ2) is 7.52. The van der Waals surface area contributed by atoms with Crippen molar-refractivity contribution >= 4 is 40.8 Å². The third-order valence-corrected chi connectivity index (χ3v) is 3.87. The Morgan fingerprint density at radius 2 is 1.78 bits per heavy atom. The molecule has 5 nitrogen and oxygen atoms in total. The van der Waals surface area contributed by atoms with Crippen LogP contribution < -0.4 is 10.6 Å². The summed E-state index contributed by atoms with van der Waals surface area (Å²) in [5, 5.41) is 6.50. The number of thiocarbonyl (C=S) groups is 1. The molecule has 0 radical (unpaired) electrons. The van der Waals surface area contributed by atoms with Crippen LogP contribution in [0.2, 0.25) is 0 Å². The van der Waals surface area contributed by atoms with E-state index in [0.29, 0.717) is 11.4 Å². The molecule has 7 heteroatoms. The molecule has 0 aliphatic carbocycles. The topological polar surface area (TPSA) is 66.9 Å². The van der Waals surface area contributed by atoms with E-state index in [-0.39, 0.29) is 15.8 Å². The molecule has 0 fully saturated rings. The number of nitrogens with one attached hydrogen (secondary N) is 2. The molecule has 1 heterocycles. The number of aromatic nitrogens is 2. The zero-order valence-corrected chi connectivity index (χ0v) is 14.8. The SMILES string of the molecule is CC(C)(C)Sc1nccnc1NC(=S)NC(=O)c1ccccc1. The molecule has 0 saturated carbocycles. The van der Waals surface area contributed by atoms with E-state index in [0.717, 1.165) is 5.03 Å². The minimum atomic E-state index is -0.267. The van der Waals surface area contributed by atoms with Crippen LogP contribution in [0.15, 0.2) is 47.8 Å². The third kappa shape index (κ3) is 5.61. The number of amides is 1. The Kier molecular flexibility index (Phi) is 5.68. The summed E-state index contributed by atoms with van der Waals surface area (Å²) in [6.07, 6.45) is 3.21. The molecular weight excluding hydrogens is 328 g/mol. The second-order valence-electron chi connectivity index (χ2n) is 5.70. The van der Waals surface area contributed by atoms with Gasteiger partial charge in [0.15, 0.2) is 10.9 Å². The summed E-state index contributed by atoms with van der Waals surface area (Å²) in [6, 6.07) is 8.89. The van der Waals surface area contributed by atoms with Gasteiger partial charge in [-0.25, -0.2) is 9.97 Å². The van der Waals surface area contributed by atoms with Gasteiger partial charge in [0.05, 0.1) is 0 Å². The molecular formula is C16H18N4OS2. The molecule has 0 spiro atoms. The molecule has 0 atom stereocenters. The van der Waals surface area contributed by atoms with Crippen LogP contribution in [0.25, 0.3) is 0 Å². The van der Waals surface area contributed by atoms with Crippen molar-refractivity contribution in [1.82, 2.24) is 15.3 Å². The minimum absolute atomic E-state index is 0.0125. The smallest absolute Gasteiger partial charge is 0.257 e. The number of thioether (sulfide) groups is 1. The monoisotopic (exact) mass is 346 g/mol. The molecule has 0 unspecified atom stereocenters. The van der Waals surface area contributed by atoms with Gasteiger partial charge in [0, 0.05) is 22.7 Å². The van der Waals surface area contributed by atoms with Crippen molar-refractivity contribution in [1.29, 1.82) is 0 Å². The standard InChI is InChI=1S/C16H18N4OS2/c1-16(2,3)23-14-12(17-9-10-18-14)19-15(22)20-13(21)11-7-5-4-6-8-11/h4-10H,1-3H3,(H2,17,19,20,21,22). The molecule has 0 aliphatic rings. The van der Waals surface area contributed by atoms with Crippen molar-refractivity contribution in [3.63, 3.8) is 0 Å². The Bertz CT molecular complexity index is 699. The molecule has 2 rings (SSSR count). The lowest BCUT2D eigenvalue weighted by atomic mass is 10.2. The molecule has 0 bridgehead atoms. The number of nitrogens with zero attached hydrogens (tertiary/aromatic N) is 2. The number of carbonyl (C=O) groups is 1. The number of anilines is 1. The maximum atomic E-state index is 12.1. The highest BCUT2D eigenvalue weighted by Gasteiger charge is 2.17. The van der Waals surface area contributed by atoms with Gasteiger partial charge in [-0.3, -0.25) is 10.1 Å². The zero-order chi connectivity index (χ0) is 16.9. The summed E-state index contributed by atoms with van der Waals surface area (Å²) in [5.41, 5.74) is 0.542. The van der Waals surface area contributed by atoms with E-state index in [4.69, 9.17) is 12.2 Å². The van der Waals surface area contributed by atoms with E-state index in [1.54, 1.807) is 48.4 Å². The Morgan fingerprint density at radius 3 is 2.43 bits per heavy atom. The fourth-order valence-corrected chi connectivity index (χ4v) is 2.76. The lowest BCUT2D eigenvalue weighted by molar-refractivity contribution is 0.0977. The average Bonchev–Trinajstić information content (AvgIpc) is 2.48. The van der Waals surface area contributed by atoms with Gasteiger partial charge in [0.2, 0.25) is 0 Å². The van der Waals surface area contributed by atoms with E-state index in [2.05, 4.69) is 41.4 Å². The largest absolute Gasteiger partial charge is 0.315 e. The van der Waals surface area contributed by atoms with Gasteiger partial charge in [-0.1, -0.05) is 50.7 Å². The Balaban J connectivity index is 2.05. The summed E-state index contributed by atoms with van der Waals surface area (Å²) >= 11 is 6.77. The highest BCUT2D eigenvalue weighted by Crippen LogP contribution is 2.33. The van der Waals surface area contributed by atoms with Crippen molar-refractivity contribution in [2.45, 2.75) is 30.5 Å². The van der Waals surface area contributed by atoms with E-state index >= 15 is 0 Å². The quantitative estimate of drug-likeness (QED) is 0.655. The van der Waals surface area contributed by atoms with Crippen LogP contribution in [-0.4, -0.2) is 25.7 Å². The van der Waals surface area contributed by atoms with Crippen LogP contribution >= 0.6 is 24.0 Å². The summed E-state index contributed by atoms with van der Waals surface area (Å²) < 4.78 is -0.0125. The summed E-state index contributed by atoms with van der Waals surface area (Å²) in [4.78, 5) is 20.6. The van der Waals surface area contributed by atoms with Crippen LogP contribution in [-0.2, 0) is 0 Å². The molecule has 23 heavy (non-hydrogen) atoms. The van der Waals surface area contributed by atoms with Crippen molar-refractivity contribution in [3.8, 4) is 0 Å². The highest BCUT2D eigenvalue weighted by atomic mass is 32.2. The Morgan fingerprint density at radius 1 is 1.13 bits per heavy atom. The first-order chi connectivity index (χ1) is 10.8. The van der Waals surface area contributed by atoms with Crippen molar-refractivity contribution in [2.24, 2.45) is 0 Å². The zero-order valence-electron chi connectivity index (χ0n) is 13.2. The van der Waals surface area contributed by atoms with E-state index in [1.807, 2.05) is 6.07 Å². The number of carbonyl (C=O) groups excluding carboxylic acids is 1. The number of rotatable bonds is 3. The van der Waals surface area contributed by atoms with Gasteiger partial charge in [-0.05, 0) is 24.4 Å². The number of hydrogen-bond acceptors (Lipinski definition) is 5. The maximum Gasteiger partial charge on any atom is 0.257 e. The fraction of sp³-hybridized carbons (Fsp3) is 0.250. The predicted octanol–water partition coefficient (Wildman–Crippen LogP) is 3.49. The van der Waals surface area contributed by atoms with Crippen LogP contribution in [0.3, 0.4) is 0 Å². The van der Waals surface area contributed by atoms with Crippen LogP contribution in [0, 0.1) is 0 Å². The van der Waals surface area contributed by atoms with Gasteiger partial charge in [0.1, 0.15) is 5.03 Å². The second-order valence-corrected chi connectivity index (χ2v) is 7.92. The average molecular weight is 346 g/mol. The van der Waals surface area contributed by atoms with Crippen LogP contribution in [0.5, 0.6) is 0 Å². The van der Waals surface area contributed by atoms with Gasteiger partial charge in [-0.15, -0.1) is 0 Å². The predicted molar refractivity (Wildman–Crippen MR) is 97.8 cm³/mol. The lowest BCUT2D eigenvalue weighted by Gasteiger charge is -2.18. The van der Waals surface area contributed by atoms with Crippen molar-refractivity contribution in [3.05, 3.63) is 48.3 Å². The first kappa shape index (κ1) is 17.4. The summed E-state index contributed by atoms with van der Waals surface area (Å²) in [6.45, 7) is 6.27. The van der Waals surface area contributed by atoms with E-state index < -0.39 is 0 Å². The molecule has 120 valence electrons. The minimum Gasteiger partial charge on any atom is -0.315 e. The summed E-state index contributed by atoms with van der Waals surface area (Å²) in [7, 11) is 0.